The van der Waals surface area contributed by atoms with Gasteiger partial charge in [-0.05, 0) is 47.1 Å². The molecule has 11 heavy (non-hydrogen) atoms. The van der Waals surface area contributed by atoms with Gasteiger partial charge in [-0.3, -0.25) is 0 Å². The molecule has 1 aliphatic carbocycles. The van der Waals surface area contributed by atoms with Crippen LogP contribution in [0.1, 0.15) is 13.3 Å². The zero-order valence-electron chi connectivity index (χ0n) is 6.35. The average molecular weight is 264 g/mol. The lowest BCUT2D eigenvalue weighted by Crippen LogP contribution is -1.88. The molecule has 0 saturated heterocycles. The minimum absolute atomic E-state index is 0.120. The van der Waals surface area contributed by atoms with E-state index in [9.17, 15) is 4.39 Å². The van der Waals surface area contributed by atoms with Crippen LogP contribution in [0.4, 0.5) is 4.39 Å². The highest BCUT2D eigenvalue weighted by atomic mass is 127. The van der Waals surface area contributed by atoms with Crippen molar-refractivity contribution in [3.05, 3.63) is 33.7 Å². The van der Waals surface area contributed by atoms with Crippen LogP contribution in [-0.2, 0) is 0 Å². The van der Waals surface area contributed by atoms with Crippen molar-refractivity contribution in [1.29, 1.82) is 0 Å². The first kappa shape index (κ1) is 8.97. The van der Waals surface area contributed by atoms with E-state index in [0.717, 1.165) is 10.0 Å². The van der Waals surface area contributed by atoms with Crippen molar-refractivity contribution in [1.82, 2.24) is 0 Å². The van der Waals surface area contributed by atoms with Gasteiger partial charge in [-0.2, -0.15) is 0 Å². The van der Waals surface area contributed by atoms with Crippen molar-refractivity contribution >= 4 is 22.6 Å². The smallest absolute Gasteiger partial charge is 0.120 e. The fourth-order valence-electron chi connectivity index (χ4n) is 0.872. The summed E-state index contributed by atoms with van der Waals surface area (Å²) in [7, 11) is 0. The van der Waals surface area contributed by atoms with Crippen LogP contribution < -0.4 is 0 Å². The fraction of sp³-hybridized carbons (Fsp3) is 0.333. The Morgan fingerprint density at radius 1 is 1.64 bits per heavy atom. The minimum atomic E-state index is -0.120. The Balaban J connectivity index is 2.84. The van der Waals surface area contributed by atoms with Crippen LogP contribution in [0.25, 0.3) is 0 Å². The van der Waals surface area contributed by atoms with Gasteiger partial charge in [0.15, 0.2) is 0 Å². The highest BCUT2D eigenvalue weighted by molar-refractivity contribution is 14.1. The molecule has 0 fully saturated rings. The fourth-order valence-corrected chi connectivity index (χ4v) is 1.38. The molecule has 0 amide bonds. The van der Waals surface area contributed by atoms with Gasteiger partial charge in [-0.15, -0.1) is 0 Å². The molecule has 0 aromatic rings. The topological polar surface area (TPSA) is 0 Å². The summed E-state index contributed by atoms with van der Waals surface area (Å²) in [4.78, 5) is 0. The Morgan fingerprint density at radius 3 is 3.09 bits per heavy atom. The first-order chi connectivity index (χ1) is 5.18. The molecule has 1 atom stereocenters. The number of rotatable bonds is 0. The highest BCUT2D eigenvalue weighted by Gasteiger charge is 2.00. The maximum absolute atomic E-state index is 12.8. The first-order valence-electron chi connectivity index (χ1n) is 3.59. The van der Waals surface area contributed by atoms with Gasteiger partial charge in [0, 0.05) is 3.58 Å². The Bertz CT molecular complexity index is 226. The normalized spacial score (nSPS) is 37.5. The first-order valence-corrected chi connectivity index (χ1v) is 4.67. The van der Waals surface area contributed by atoms with Crippen LogP contribution in [0.15, 0.2) is 33.7 Å². The second kappa shape index (κ2) is 4.04. The molecule has 2 heteroatoms. The summed E-state index contributed by atoms with van der Waals surface area (Å²) in [6.07, 6.45) is 8.03. The zero-order chi connectivity index (χ0) is 8.27. The van der Waals surface area contributed by atoms with Gasteiger partial charge in [-0.25, -0.2) is 4.39 Å². The standard InChI is InChI=1S/C9H10FI/c1-7-2-4-8(10)6-9(11)5-3-7/h3-7H,2H2,1H3/b5-3-,8-4-,9-6+. The molecule has 0 N–H and O–H groups in total. The summed E-state index contributed by atoms with van der Waals surface area (Å²) in [5.74, 6) is 0.324. The molecule has 0 spiro atoms. The van der Waals surface area contributed by atoms with Gasteiger partial charge >= 0.3 is 0 Å². The Hall–Kier alpha value is -0.120. The van der Waals surface area contributed by atoms with Gasteiger partial charge in [0.05, 0.1) is 0 Å². The third-order valence-electron chi connectivity index (χ3n) is 1.54. The summed E-state index contributed by atoms with van der Waals surface area (Å²) in [6, 6.07) is 0. The van der Waals surface area contributed by atoms with Crippen LogP contribution in [-0.4, -0.2) is 0 Å². The lowest BCUT2D eigenvalue weighted by Gasteiger charge is -2.03. The second-order valence-electron chi connectivity index (χ2n) is 2.69. The predicted molar refractivity (Wildman–Crippen MR) is 54.2 cm³/mol. The van der Waals surface area contributed by atoms with Gasteiger partial charge in [0.1, 0.15) is 5.83 Å². The van der Waals surface area contributed by atoms with Gasteiger partial charge in [0.2, 0.25) is 0 Å². The molecule has 1 rings (SSSR count). The number of halogens is 2. The quantitative estimate of drug-likeness (QED) is 0.584. The van der Waals surface area contributed by atoms with Crippen molar-refractivity contribution < 1.29 is 4.39 Å². The number of allylic oxidation sites excluding steroid dienone is 6. The number of hydrogen-bond donors (Lipinski definition) is 0. The lowest BCUT2D eigenvalue weighted by molar-refractivity contribution is 0.642. The predicted octanol–water partition coefficient (Wildman–Crippen LogP) is 3.75. The molecule has 0 aromatic carbocycles. The molecule has 1 aliphatic rings. The molecular weight excluding hydrogens is 254 g/mol. The van der Waals surface area contributed by atoms with Crippen LogP contribution in [0.3, 0.4) is 0 Å². The van der Waals surface area contributed by atoms with E-state index >= 15 is 0 Å². The molecular formula is C9H10FI. The maximum Gasteiger partial charge on any atom is 0.120 e. The van der Waals surface area contributed by atoms with Crippen molar-refractivity contribution in [3.8, 4) is 0 Å². The molecule has 0 heterocycles. The highest BCUT2D eigenvalue weighted by Crippen LogP contribution is 2.19. The van der Waals surface area contributed by atoms with E-state index in [0.29, 0.717) is 5.92 Å². The largest absolute Gasteiger partial charge is 0.207 e. The second-order valence-corrected chi connectivity index (χ2v) is 3.94. The SMILES string of the molecule is CC1\C=C/C(I)=C\C(F)=C\C1. The summed E-state index contributed by atoms with van der Waals surface area (Å²) in [6.45, 7) is 2.08. The van der Waals surface area contributed by atoms with Crippen molar-refractivity contribution in [2.45, 2.75) is 13.3 Å². The van der Waals surface area contributed by atoms with E-state index < -0.39 is 0 Å². The third kappa shape index (κ3) is 3.18. The molecule has 0 bridgehead atoms. The lowest BCUT2D eigenvalue weighted by atomic mass is 10.1. The molecule has 0 aromatic heterocycles. The summed E-state index contributed by atoms with van der Waals surface area (Å²) < 4.78 is 13.7. The average Bonchev–Trinajstić information content (AvgIpc) is 1.95. The van der Waals surface area contributed by atoms with E-state index in [1.807, 2.05) is 6.08 Å². The van der Waals surface area contributed by atoms with Crippen molar-refractivity contribution in [2.24, 2.45) is 5.92 Å². The Labute approximate surface area is 80.0 Å². The van der Waals surface area contributed by atoms with Crippen molar-refractivity contribution in [2.75, 3.05) is 0 Å². The van der Waals surface area contributed by atoms with Crippen molar-refractivity contribution in [3.63, 3.8) is 0 Å². The van der Waals surface area contributed by atoms with Gasteiger partial charge in [-0.1, -0.05) is 19.1 Å². The maximum atomic E-state index is 12.8. The molecule has 0 radical (unpaired) electrons. The monoisotopic (exact) mass is 264 g/mol. The van der Waals surface area contributed by atoms with E-state index in [1.54, 1.807) is 12.2 Å². The molecule has 0 aliphatic heterocycles. The van der Waals surface area contributed by atoms with Crippen LogP contribution in [0.2, 0.25) is 0 Å². The summed E-state index contributed by atoms with van der Waals surface area (Å²) in [5.41, 5.74) is 0. The Morgan fingerprint density at radius 2 is 2.36 bits per heavy atom. The molecule has 0 nitrogen and oxygen atoms in total. The molecule has 0 saturated carbocycles. The van der Waals surface area contributed by atoms with Gasteiger partial charge < -0.3 is 0 Å². The van der Waals surface area contributed by atoms with E-state index in [-0.39, 0.29) is 5.83 Å². The van der Waals surface area contributed by atoms with Crippen LogP contribution in [0, 0.1) is 5.92 Å². The van der Waals surface area contributed by atoms with Crippen LogP contribution >= 0.6 is 22.6 Å². The molecule has 60 valence electrons. The van der Waals surface area contributed by atoms with E-state index in [2.05, 4.69) is 35.6 Å². The summed E-state index contributed by atoms with van der Waals surface area (Å²) >= 11 is 2.12. The van der Waals surface area contributed by atoms with Crippen LogP contribution in [0.5, 0.6) is 0 Å². The number of hydrogen-bond acceptors (Lipinski definition) is 0. The van der Waals surface area contributed by atoms with Gasteiger partial charge in [0.25, 0.3) is 0 Å². The van der Waals surface area contributed by atoms with E-state index in [4.69, 9.17) is 0 Å². The zero-order valence-corrected chi connectivity index (χ0v) is 8.51. The van der Waals surface area contributed by atoms with E-state index in [1.165, 1.54) is 0 Å². The minimum Gasteiger partial charge on any atom is -0.207 e. The molecule has 1 unspecified atom stereocenters. The summed E-state index contributed by atoms with van der Waals surface area (Å²) in [5, 5.41) is 0. The third-order valence-corrected chi connectivity index (χ3v) is 2.22. The Kier molecular flexibility index (Phi) is 3.30.